The molecule has 0 amide bonds. The van der Waals surface area contributed by atoms with E-state index in [1.807, 2.05) is 0 Å². The second-order valence-electron chi connectivity index (χ2n) is 13.9. The predicted molar refractivity (Wildman–Crippen MR) is 140 cm³/mol. The van der Waals surface area contributed by atoms with E-state index in [4.69, 9.17) is 9.47 Å². The molecule has 0 spiro atoms. The fourth-order valence-electron chi connectivity index (χ4n) is 9.94. The van der Waals surface area contributed by atoms with Gasteiger partial charge in [-0.3, -0.25) is 9.59 Å². The van der Waals surface area contributed by atoms with Crippen LogP contribution in [0.4, 0.5) is 0 Å². The Kier molecular flexibility index (Phi) is 7.99. The summed E-state index contributed by atoms with van der Waals surface area (Å²) in [5.41, 5.74) is 0.597. The highest BCUT2D eigenvalue weighted by molar-refractivity contribution is 5.66. The van der Waals surface area contributed by atoms with E-state index in [-0.39, 0.29) is 29.6 Å². The minimum absolute atomic E-state index is 0.0309. The number of fused-ring (bicyclic) bond motifs is 5. The maximum atomic E-state index is 12.2. The highest BCUT2D eigenvalue weighted by Gasteiger charge is 2.63. The molecule has 4 nitrogen and oxygen atoms in total. The van der Waals surface area contributed by atoms with E-state index in [1.165, 1.54) is 51.9 Å². The van der Waals surface area contributed by atoms with Crippen LogP contribution in [0.3, 0.4) is 0 Å². The van der Waals surface area contributed by atoms with Crippen LogP contribution in [0.2, 0.25) is 0 Å². The summed E-state index contributed by atoms with van der Waals surface area (Å²) in [6.45, 7) is 15.4. The molecule has 0 aromatic heterocycles. The van der Waals surface area contributed by atoms with Crippen molar-refractivity contribution in [3.05, 3.63) is 0 Å². The largest absolute Gasteiger partial charge is 0.463 e. The van der Waals surface area contributed by atoms with Crippen LogP contribution in [0.1, 0.15) is 119 Å². The second kappa shape index (κ2) is 10.4. The Balaban J connectivity index is 1.54. The number of carbonyl (C=O) groups is 2. The van der Waals surface area contributed by atoms with E-state index < -0.39 is 0 Å². The normalized spacial score (nSPS) is 43.6. The Hall–Kier alpha value is -1.06. The zero-order valence-electron chi connectivity index (χ0n) is 23.6. The first-order chi connectivity index (χ1) is 16.5. The fraction of sp³-hybridized carbons (Fsp3) is 0.935. The third-order valence-electron chi connectivity index (χ3n) is 11.5. The molecular weight excluding hydrogens is 436 g/mol. The topological polar surface area (TPSA) is 52.6 Å². The van der Waals surface area contributed by atoms with Crippen molar-refractivity contribution in [3.8, 4) is 0 Å². The summed E-state index contributed by atoms with van der Waals surface area (Å²) in [6.07, 6.45) is 13.3. The average Bonchev–Trinajstić information content (AvgIpc) is 3.11. The van der Waals surface area contributed by atoms with Crippen LogP contribution in [0, 0.1) is 52.3 Å². The number of esters is 2. The summed E-state index contributed by atoms with van der Waals surface area (Å²) >= 11 is 0. The standard InChI is InChI=1S/C31H52O4/c1-19(2)9-8-10-20(3)25-11-12-26-24-18-29(35-22(5)33)28-17-23(34-21(4)32)13-15-31(28,7)27(24)14-16-30(25,26)6/h19-20,23-29H,8-18H2,1-7H3/t20-,23-,24+,25-,26-,27-,28-,29-,30+,31-/m1/s1. The van der Waals surface area contributed by atoms with Crippen LogP contribution < -0.4 is 0 Å². The molecule has 200 valence electrons. The van der Waals surface area contributed by atoms with E-state index >= 15 is 0 Å². The zero-order chi connectivity index (χ0) is 25.5. The zero-order valence-corrected chi connectivity index (χ0v) is 23.6. The van der Waals surface area contributed by atoms with Crippen molar-refractivity contribution in [1.29, 1.82) is 0 Å². The number of carbonyl (C=O) groups excluding carboxylic acids is 2. The van der Waals surface area contributed by atoms with Crippen LogP contribution >= 0.6 is 0 Å². The van der Waals surface area contributed by atoms with Gasteiger partial charge in [0.2, 0.25) is 0 Å². The van der Waals surface area contributed by atoms with Crippen molar-refractivity contribution in [3.63, 3.8) is 0 Å². The average molecular weight is 489 g/mol. The van der Waals surface area contributed by atoms with Gasteiger partial charge in [0.05, 0.1) is 0 Å². The first kappa shape index (κ1) is 27.0. The molecule has 0 radical (unpaired) electrons. The van der Waals surface area contributed by atoms with Gasteiger partial charge < -0.3 is 9.47 Å². The lowest BCUT2D eigenvalue weighted by Gasteiger charge is -2.62. The van der Waals surface area contributed by atoms with Crippen LogP contribution in [0.15, 0.2) is 0 Å². The molecule has 0 bridgehead atoms. The van der Waals surface area contributed by atoms with Crippen LogP contribution in [0.25, 0.3) is 0 Å². The summed E-state index contributed by atoms with van der Waals surface area (Å²) in [6, 6.07) is 0. The third-order valence-corrected chi connectivity index (χ3v) is 11.5. The van der Waals surface area contributed by atoms with Crippen molar-refractivity contribution < 1.29 is 19.1 Å². The maximum absolute atomic E-state index is 12.2. The molecule has 0 aromatic rings. The van der Waals surface area contributed by atoms with Gasteiger partial charge >= 0.3 is 11.9 Å². The molecule has 35 heavy (non-hydrogen) atoms. The minimum Gasteiger partial charge on any atom is -0.463 e. The van der Waals surface area contributed by atoms with Crippen molar-refractivity contribution in [1.82, 2.24) is 0 Å². The van der Waals surface area contributed by atoms with E-state index in [0.29, 0.717) is 23.2 Å². The lowest BCUT2D eigenvalue weighted by molar-refractivity contribution is -0.197. The molecule has 4 heteroatoms. The second-order valence-corrected chi connectivity index (χ2v) is 13.9. The summed E-state index contributed by atoms with van der Waals surface area (Å²) < 4.78 is 11.7. The molecule has 0 aliphatic heterocycles. The van der Waals surface area contributed by atoms with Gasteiger partial charge in [0.15, 0.2) is 0 Å². The van der Waals surface area contributed by atoms with Gasteiger partial charge in [0, 0.05) is 19.8 Å². The Morgan fingerprint density at radius 1 is 0.800 bits per heavy atom. The summed E-state index contributed by atoms with van der Waals surface area (Å²) in [5, 5.41) is 0. The van der Waals surface area contributed by atoms with Crippen molar-refractivity contribution in [2.24, 2.45) is 52.3 Å². The van der Waals surface area contributed by atoms with E-state index in [0.717, 1.165) is 49.4 Å². The van der Waals surface area contributed by atoms with Crippen LogP contribution in [0.5, 0.6) is 0 Å². The van der Waals surface area contributed by atoms with Gasteiger partial charge in [-0.1, -0.05) is 53.9 Å². The van der Waals surface area contributed by atoms with Gasteiger partial charge in [-0.25, -0.2) is 0 Å². The third kappa shape index (κ3) is 5.19. The SMILES string of the molecule is CC(=O)O[C@@H]1CC[C@]2(C)[C@@H]3CC[C@]4(C)[C@H](CC[C@@H]4[C@H](C)CCCC(C)C)[C@@H]3C[C@@H](OC(C)=O)[C@H]2C1. The molecule has 0 N–H and O–H groups in total. The maximum Gasteiger partial charge on any atom is 0.302 e. The number of ether oxygens (including phenoxy) is 2. The molecule has 4 fully saturated rings. The highest BCUT2D eigenvalue weighted by atomic mass is 16.5. The Bertz CT molecular complexity index is 776. The number of rotatable bonds is 7. The Labute approximate surface area is 214 Å². The summed E-state index contributed by atoms with van der Waals surface area (Å²) in [4.78, 5) is 23.9. The van der Waals surface area contributed by atoms with Crippen molar-refractivity contribution in [2.45, 2.75) is 131 Å². The number of hydrogen-bond acceptors (Lipinski definition) is 4. The van der Waals surface area contributed by atoms with E-state index in [2.05, 4.69) is 34.6 Å². The van der Waals surface area contributed by atoms with Gasteiger partial charge in [-0.2, -0.15) is 0 Å². The summed E-state index contributed by atoms with van der Waals surface area (Å²) in [5.74, 6) is 4.48. The Morgan fingerprint density at radius 2 is 1.46 bits per heavy atom. The quantitative estimate of drug-likeness (QED) is 0.347. The van der Waals surface area contributed by atoms with Gasteiger partial charge in [-0.05, 0) is 97.7 Å². The first-order valence-electron chi connectivity index (χ1n) is 14.8. The molecular formula is C31H52O4. The van der Waals surface area contributed by atoms with E-state index in [9.17, 15) is 9.59 Å². The lowest BCUT2D eigenvalue weighted by atomic mass is 9.43. The minimum atomic E-state index is -0.190. The van der Waals surface area contributed by atoms with Crippen LogP contribution in [-0.2, 0) is 19.1 Å². The molecule has 4 rings (SSSR count). The number of hydrogen-bond donors (Lipinski definition) is 0. The lowest BCUT2D eigenvalue weighted by Crippen LogP contribution is -2.59. The summed E-state index contributed by atoms with van der Waals surface area (Å²) in [7, 11) is 0. The molecule has 0 heterocycles. The van der Waals surface area contributed by atoms with Gasteiger partial charge in [-0.15, -0.1) is 0 Å². The Morgan fingerprint density at radius 3 is 2.11 bits per heavy atom. The van der Waals surface area contributed by atoms with Crippen molar-refractivity contribution in [2.75, 3.05) is 0 Å². The molecule has 4 aliphatic rings. The van der Waals surface area contributed by atoms with E-state index in [1.54, 1.807) is 6.92 Å². The van der Waals surface area contributed by atoms with Gasteiger partial charge in [0.25, 0.3) is 0 Å². The first-order valence-corrected chi connectivity index (χ1v) is 14.8. The molecule has 0 aromatic carbocycles. The molecule has 4 aliphatic carbocycles. The molecule has 0 saturated heterocycles. The monoisotopic (exact) mass is 488 g/mol. The van der Waals surface area contributed by atoms with Crippen molar-refractivity contribution >= 4 is 11.9 Å². The molecule has 0 unspecified atom stereocenters. The van der Waals surface area contributed by atoms with Gasteiger partial charge in [0.1, 0.15) is 12.2 Å². The van der Waals surface area contributed by atoms with Crippen LogP contribution in [-0.4, -0.2) is 24.1 Å². The molecule has 10 atom stereocenters. The fourth-order valence-corrected chi connectivity index (χ4v) is 9.94. The molecule has 4 saturated carbocycles. The predicted octanol–water partition coefficient (Wildman–Crippen LogP) is 7.58. The highest BCUT2D eigenvalue weighted by Crippen LogP contribution is 2.68. The smallest absolute Gasteiger partial charge is 0.302 e.